The molecule has 1 aromatic carbocycles. The smallest absolute Gasteiger partial charge is 0.147 e. The summed E-state index contributed by atoms with van der Waals surface area (Å²) in [6, 6.07) is 6.09. The molecule has 1 heterocycles. The standard InChI is InChI=1S/C12H10ClFN2O/c13-7-1-2-9(11(15)5-7)12(17)8-3-4-16-6-10(8)14/h1-6,12,17H,15H2. The molecule has 3 nitrogen and oxygen atoms in total. The van der Waals surface area contributed by atoms with Crippen molar-refractivity contribution in [3.05, 3.63) is 58.6 Å². The summed E-state index contributed by atoms with van der Waals surface area (Å²) in [5.41, 5.74) is 6.60. The lowest BCUT2D eigenvalue weighted by Crippen LogP contribution is -2.06. The minimum Gasteiger partial charge on any atom is -0.398 e. The maximum Gasteiger partial charge on any atom is 0.147 e. The van der Waals surface area contributed by atoms with E-state index in [9.17, 15) is 9.50 Å². The van der Waals surface area contributed by atoms with Crippen LogP contribution in [-0.2, 0) is 0 Å². The van der Waals surface area contributed by atoms with E-state index in [0.717, 1.165) is 6.20 Å². The highest BCUT2D eigenvalue weighted by molar-refractivity contribution is 6.30. The van der Waals surface area contributed by atoms with Gasteiger partial charge in [0.25, 0.3) is 0 Å². The van der Waals surface area contributed by atoms with E-state index < -0.39 is 11.9 Å². The van der Waals surface area contributed by atoms with Gasteiger partial charge in [-0.05, 0) is 18.2 Å². The number of anilines is 1. The Morgan fingerprint density at radius 1 is 1.29 bits per heavy atom. The molecule has 0 spiro atoms. The van der Waals surface area contributed by atoms with Crippen LogP contribution in [0.3, 0.4) is 0 Å². The molecule has 1 atom stereocenters. The lowest BCUT2D eigenvalue weighted by Gasteiger charge is -2.14. The van der Waals surface area contributed by atoms with Crippen LogP contribution in [0.2, 0.25) is 5.02 Å². The summed E-state index contributed by atoms with van der Waals surface area (Å²) in [4.78, 5) is 3.62. The van der Waals surface area contributed by atoms with Gasteiger partial charge in [0.15, 0.2) is 0 Å². The number of aliphatic hydroxyl groups is 1. The Balaban J connectivity index is 2.44. The molecule has 0 radical (unpaired) electrons. The number of halogens is 2. The Hall–Kier alpha value is -1.65. The van der Waals surface area contributed by atoms with Crippen molar-refractivity contribution in [2.45, 2.75) is 6.10 Å². The predicted molar refractivity (Wildman–Crippen MR) is 64.1 cm³/mol. The van der Waals surface area contributed by atoms with Gasteiger partial charge in [-0.25, -0.2) is 4.39 Å². The first-order valence-electron chi connectivity index (χ1n) is 4.92. The number of nitrogens with two attached hydrogens (primary N) is 1. The number of hydrogen-bond donors (Lipinski definition) is 2. The first-order chi connectivity index (χ1) is 8.09. The molecule has 2 rings (SSSR count). The molecule has 0 saturated carbocycles. The molecule has 0 saturated heterocycles. The van der Waals surface area contributed by atoms with Crippen molar-refractivity contribution in [1.82, 2.24) is 4.98 Å². The number of benzene rings is 1. The van der Waals surface area contributed by atoms with Gasteiger partial charge in [-0.3, -0.25) is 4.98 Å². The van der Waals surface area contributed by atoms with Crippen LogP contribution in [-0.4, -0.2) is 10.1 Å². The number of nitrogen functional groups attached to an aromatic ring is 1. The Morgan fingerprint density at radius 3 is 2.71 bits per heavy atom. The van der Waals surface area contributed by atoms with Crippen molar-refractivity contribution in [1.29, 1.82) is 0 Å². The molecule has 2 aromatic rings. The van der Waals surface area contributed by atoms with Crippen LogP contribution in [0.4, 0.5) is 10.1 Å². The minimum absolute atomic E-state index is 0.133. The van der Waals surface area contributed by atoms with Gasteiger partial charge in [-0.15, -0.1) is 0 Å². The Morgan fingerprint density at radius 2 is 2.06 bits per heavy atom. The van der Waals surface area contributed by atoms with Crippen LogP contribution < -0.4 is 5.73 Å². The zero-order valence-electron chi connectivity index (χ0n) is 8.77. The van der Waals surface area contributed by atoms with Crippen molar-refractivity contribution in [3.63, 3.8) is 0 Å². The summed E-state index contributed by atoms with van der Waals surface area (Å²) in [6.45, 7) is 0. The fourth-order valence-corrected chi connectivity index (χ4v) is 1.75. The molecular weight excluding hydrogens is 243 g/mol. The molecule has 3 N–H and O–H groups in total. The molecule has 0 fully saturated rings. The first kappa shape index (κ1) is 11.8. The quantitative estimate of drug-likeness (QED) is 0.808. The second-order valence-corrected chi connectivity index (χ2v) is 4.01. The fraction of sp³-hybridized carbons (Fsp3) is 0.0833. The molecule has 0 amide bonds. The Bertz CT molecular complexity index is 548. The molecule has 1 unspecified atom stereocenters. The first-order valence-corrected chi connectivity index (χ1v) is 5.30. The topological polar surface area (TPSA) is 59.1 Å². The summed E-state index contributed by atoms with van der Waals surface area (Å²) < 4.78 is 13.4. The van der Waals surface area contributed by atoms with Gasteiger partial charge in [-0.2, -0.15) is 0 Å². The lowest BCUT2D eigenvalue weighted by molar-refractivity contribution is 0.215. The average molecular weight is 253 g/mol. The second-order valence-electron chi connectivity index (χ2n) is 3.57. The highest BCUT2D eigenvalue weighted by atomic mass is 35.5. The molecule has 0 aliphatic carbocycles. The van der Waals surface area contributed by atoms with Crippen molar-refractivity contribution in [2.75, 3.05) is 5.73 Å². The predicted octanol–water partition coefficient (Wildman–Crippen LogP) is 2.54. The van der Waals surface area contributed by atoms with Crippen LogP contribution in [0, 0.1) is 5.82 Å². The maximum absolute atomic E-state index is 13.4. The van der Waals surface area contributed by atoms with Gasteiger partial charge in [0, 0.05) is 28.0 Å². The van der Waals surface area contributed by atoms with Gasteiger partial charge >= 0.3 is 0 Å². The molecule has 5 heteroatoms. The average Bonchev–Trinajstić information content (AvgIpc) is 2.29. The summed E-state index contributed by atoms with van der Waals surface area (Å²) >= 11 is 5.75. The number of nitrogens with zero attached hydrogens (tertiary/aromatic N) is 1. The SMILES string of the molecule is Nc1cc(Cl)ccc1C(O)c1ccncc1F. The van der Waals surface area contributed by atoms with E-state index in [1.54, 1.807) is 12.1 Å². The normalized spacial score (nSPS) is 12.4. The Kier molecular flexibility index (Phi) is 3.26. The number of pyridine rings is 1. The lowest BCUT2D eigenvalue weighted by atomic mass is 10.0. The summed E-state index contributed by atoms with van der Waals surface area (Å²) in [5.74, 6) is -0.575. The van der Waals surface area contributed by atoms with E-state index in [2.05, 4.69) is 4.98 Å². The molecule has 88 valence electrons. The van der Waals surface area contributed by atoms with E-state index in [1.807, 2.05) is 0 Å². The maximum atomic E-state index is 13.4. The molecule has 0 bridgehead atoms. The second kappa shape index (κ2) is 4.69. The van der Waals surface area contributed by atoms with Crippen LogP contribution in [0.5, 0.6) is 0 Å². The van der Waals surface area contributed by atoms with E-state index in [0.29, 0.717) is 16.3 Å². The van der Waals surface area contributed by atoms with Crippen molar-refractivity contribution >= 4 is 17.3 Å². The number of aliphatic hydroxyl groups excluding tert-OH is 1. The summed E-state index contributed by atoms with van der Waals surface area (Å²) in [6.07, 6.45) is 1.33. The number of rotatable bonds is 2. The van der Waals surface area contributed by atoms with E-state index in [4.69, 9.17) is 17.3 Å². The van der Waals surface area contributed by atoms with Gasteiger partial charge in [0.1, 0.15) is 11.9 Å². The fourth-order valence-electron chi connectivity index (χ4n) is 1.57. The van der Waals surface area contributed by atoms with E-state index >= 15 is 0 Å². The van der Waals surface area contributed by atoms with Gasteiger partial charge in [-0.1, -0.05) is 17.7 Å². The van der Waals surface area contributed by atoms with E-state index in [-0.39, 0.29) is 5.56 Å². The zero-order valence-corrected chi connectivity index (χ0v) is 9.53. The number of aromatic nitrogens is 1. The molecular formula is C12H10ClFN2O. The van der Waals surface area contributed by atoms with Crippen LogP contribution in [0.1, 0.15) is 17.2 Å². The van der Waals surface area contributed by atoms with Gasteiger partial charge < -0.3 is 10.8 Å². The summed E-state index contributed by atoms with van der Waals surface area (Å²) in [5, 5.41) is 10.5. The third kappa shape index (κ3) is 2.38. The summed E-state index contributed by atoms with van der Waals surface area (Å²) in [7, 11) is 0. The molecule has 0 aliphatic rings. The largest absolute Gasteiger partial charge is 0.398 e. The minimum atomic E-state index is -1.13. The van der Waals surface area contributed by atoms with Crippen LogP contribution in [0.15, 0.2) is 36.7 Å². The Labute approximate surface area is 103 Å². The van der Waals surface area contributed by atoms with Gasteiger partial charge in [0.2, 0.25) is 0 Å². The van der Waals surface area contributed by atoms with Crippen molar-refractivity contribution < 1.29 is 9.50 Å². The zero-order chi connectivity index (χ0) is 12.4. The van der Waals surface area contributed by atoms with Crippen molar-refractivity contribution in [3.8, 4) is 0 Å². The highest BCUT2D eigenvalue weighted by Crippen LogP contribution is 2.29. The third-order valence-electron chi connectivity index (χ3n) is 2.44. The highest BCUT2D eigenvalue weighted by Gasteiger charge is 2.17. The molecule has 17 heavy (non-hydrogen) atoms. The van der Waals surface area contributed by atoms with E-state index in [1.165, 1.54) is 18.3 Å². The van der Waals surface area contributed by atoms with Crippen molar-refractivity contribution in [2.24, 2.45) is 0 Å². The van der Waals surface area contributed by atoms with Gasteiger partial charge in [0.05, 0.1) is 6.20 Å². The molecule has 0 aliphatic heterocycles. The number of hydrogen-bond acceptors (Lipinski definition) is 3. The monoisotopic (exact) mass is 252 g/mol. The van der Waals surface area contributed by atoms with Crippen LogP contribution >= 0.6 is 11.6 Å². The third-order valence-corrected chi connectivity index (χ3v) is 2.68. The molecule has 1 aromatic heterocycles. The van der Waals surface area contributed by atoms with Crippen LogP contribution in [0.25, 0.3) is 0 Å².